The number of nitrogens with one attached hydrogen (secondary N) is 1. The molecule has 0 saturated carbocycles. The molecule has 4 aromatic rings. The minimum absolute atomic E-state index is 0.122. The van der Waals surface area contributed by atoms with E-state index in [0.29, 0.717) is 6.42 Å². The molecule has 30 heavy (non-hydrogen) atoms. The second-order valence-electron chi connectivity index (χ2n) is 7.25. The zero-order chi connectivity index (χ0) is 20.8. The topological polar surface area (TPSA) is 38.3 Å². The van der Waals surface area contributed by atoms with E-state index in [1.807, 2.05) is 110 Å². The number of ether oxygens (including phenoxy) is 1. The molecule has 0 aliphatic heterocycles. The van der Waals surface area contributed by atoms with Crippen molar-refractivity contribution in [3.05, 3.63) is 114 Å². The predicted octanol–water partition coefficient (Wildman–Crippen LogP) is 5.90. The number of carbonyl (C=O) groups is 1. The summed E-state index contributed by atoms with van der Waals surface area (Å²) in [5.74, 6) is 0.606. The normalized spacial score (nSPS) is 11.9. The van der Waals surface area contributed by atoms with E-state index in [0.717, 1.165) is 27.6 Å². The summed E-state index contributed by atoms with van der Waals surface area (Å²) < 4.78 is 6.20. The van der Waals surface area contributed by atoms with Crippen LogP contribution >= 0.6 is 0 Å². The third-order valence-electron chi connectivity index (χ3n) is 5.23. The van der Waals surface area contributed by atoms with Crippen LogP contribution in [0.25, 0.3) is 10.8 Å². The molecule has 150 valence electrons. The summed E-state index contributed by atoms with van der Waals surface area (Å²) >= 11 is 0. The second kappa shape index (κ2) is 9.27. The van der Waals surface area contributed by atoms with E-state index < -0.39 is 6.10 Å². The van der Waals surface area contributed by atoms with Gasteiger partial charge in [-0.1, -0.05) is 104 Å². The van der Waals surface area contributed by atoms with E-state index in [-0.39, 0.29) is 11.9 Å². The lowest BCUT2D eigenvalue weighted by molar-refractivity contribution is -0.128. The van der Waals surface area contributed by atoms with Gasteiger partial charge in [-0.05, 0) is 29.0 Å². The van der Waals surface area contributed by atoms with Gasteiger partial charge in [0, 0.05) is 5.39 Å². The van der Waals surface area contributed by atoms with Crippen molar-refractivity contribution < 1.29 is 9.53 Å². The van der Waals surface area contributed by atoms with Gasteiger partial charge >= 0.3 is 0 Å². The monoisotopic (exact) mass is 395 g/mol. The molecule has 0 bridgehead atoms. The van der Waals surface area contributed by atoms with Crippen molar-refractivity contribution in [2.45, 2.75) is 25.5 Å². The molecule has 3 nitrogen and oxygen atoms in total. The summed E-state index contributed by atoms with van der Waals surface area (Å²) in [6, 6.07) is 33.8. The van der Waals surface area contributed by atoms with Gasteiger partial charge in [-0.3, -0.25) is 4.79 Å². The van der Waals surface area contributed by atoms with Crippen LogP contribution in [0, 0.1) is 0 Å². The van der Waals surface area contributed by atoms with Crippen molar-refractivity contribution in [2.24, 2.45) is 0 Å². The van der Waals surface area contributed by atoms with Crippen molar-refractivity contribution >= 4 is 16.7 Å². The van der Waals surface area contributed by atoms with Crippen LogP contribution in [0.3, 0.4) is 0 Å². The van der Waals surface area contributed by atoms with Gasteiger partial charge in [0.15, 0.2) is 6.10 Å². The SMILES string of the molecule is CCC(Oc1cccc2ccccc12)C(=O)NC(c1ccccc1)c1ccccc1. The largest absolute Gasteiger partial charge is 0.480 e. The maximum Gasteiger partial charge on any atom is 0.261 e. The Balaban J connectivity index is 1.59. The van der Waals surface area contributed by atoms with Gasteiger partial charge in [-0.15, -0.1) is 0 Å². The van der Waals surface area contributed by atoms with Crippen LogP contribution in [0.4, 0.5) is 0 Å². The summed E-state index contributed by atoms with van der Waals surface area (Å²) in [5, 5.41) is 5.31. The van der Waals surface area contributed by atoms with Crippen molar-refractivity contribution in [1.29, 1.82) is 0 Å². The van der Waals surface area contributed by atoms with E-state index in [4.69, 9.17) is 4.74 Å². The van der Waals surface area contributed by atoms with Crippen LogP contribution in [-0.2, 0) is 4.79 Å². The summed E-state index contributed by atoms with van der Waals surface area (Å²) in [6.45, 7) is 1.97. The Kier molecular flexibility index (Phi) is 6.09. The molecule has 4 rings (SSSR count). The molecule has 3 heteroatoms. The number of fused-ring (bicyclic) bond motifs is 1. The molecular formula is C27H25NO2. The molecule has 0 aliphatic rings. The Morgan fingerprint density at radius 2 is 1.33 bits per heavy atom. The van der Waals surface area contributed by atoms with Crippen LogP contribution in [0.5, 0.6) is 5.75 Å². The molecule has 0 aromatic heterocycles. The fourth-order valence-corrected chi connectivity index (χ4v) is 3.66. The third-order valence-corrected chi connectivity index (χ3v) is 5.23. The second-order valence-corrected chi connectivity index (χ2v) is 7.25. The maximum absolute atomic E-state index is 13.2. The number of rotatable bonds is 7. The summed E-state index contributed by atoms with van der Waals surface area (Å²) in [7, 11) is 0. The third kappa shape index (κ3) is 4.36. The lowest BCUT2D eigenvalue weighted by Gasteiger charge is -2.24. The Morgan fingerprint density at radius 3 is 1.97 bits per heavy atom. The van der Waals surface area contributed by atoms with Crippen LogP contribution in [-0.4, -0.2) is 12.0 Å². The van der Waals surface area contributed by atoms with Crippen LogP contribution in [0.2, 0.25) is 0 Å². The van der Waals surface area contributed by atoms with Crippen LogP contribution in [0.1, 0.15) is 30.5 Å². The molecule has 0 aliphatic carbocycles. The van der Waals surface area contributed by atoms with E-state index in [1.165, 1.54) is 0 Å². The number of hydrogen-bond donors (Lipinski definition) is 1. The molecule has 0 fully saturated rings. The zero-order valence-corrected chi connectivity index (χ0v) is 17.0. The minimum atomic E-state index is -0.578. The molecule has 0 saturated heterocycles. The fraction of sp³-hybridized carbons (Fsp3) is 0.148. The van der Waals surface area contributed by atoms with Gasteiger partial charge in [-0.2, -0.15) is 0 Å². The molecule has 1 unspecified atom stereocenters. The maximum atomic E-state index is 13.2. The first-order valence-corrected chi connectivity index (χ1v) is 10.3. The van der Waals surface area contributed by atoms with Gasteiger partial charge in [0.05, 0.1) is 6.04 Å². The van der Waals surface area contributed by atoms with Crippen molar-refractivity contribution in [1.82, 2.24) is 5.32 Å². The number of amides is 1. The quantitative estimate of drug-likeness (QED) is 0.423. The number of benzene rings is 4. The molecule has 0 radical (unpaired) electrons. The average Bonchev–Trinajstić information content (AvgIpc) is 2.82. The highest BCUT2D eigenvalue weighted by Gasteiger charge is 2.24. The van der Waals surface area contributed by atoms with Crippen LogP contribution < -0.4 is 10.1 Å². The van der Waals surface area contributed by atoms with E-state index in [1.54, 1.807) is 0 Å². The van der Waals surface area contributed by atoms with E-state index in [2.05, 4.69) is 5.32 Å². The van der Waals surface area contributed by atoms with Gasteiger partial charge in [0.2, 0.25) is 0 Å². The van der Waals surface area contributed by atoms with Crippen molar-refractivity contribution in [2.75, 3.05) is 0 Å². The van der Waals surface area contributed by atoms with Crippen LogP contribution in [0.15, 0.2) is 103 Å². The Hall–Kier alpha value is -3.59. The Bertz CT molecular complexity index is 1060. The fourth-order valence-electron chi connectivity index (χ4n) is 3.66. The first kappa shape index (κ1) is 19.7. The molecule has 4 aromatic carbocycles. The molecule has 1 atom stereocenters. The lowest BCUT2D eigenvalue weighted by Crippen LogP contribution is -2.40. The predicted molar refractivity (Wildman–Crippen MR) is 122 cm³/mol. The molecule has 0 heterocycles. The zero-order valence-electron chi connectivity index (χ0n) is 17.0. The average molecular weight is 396 g/mol. The molecule has 1 N–H and O–H groups in total. The minimum Gasteiger partial charge on any atom is -0.480 e. The Morgan fingerprint density at radius 1 is 0.767 bits per heavy atom. The van der Waals surface area contributed by atoms with Crippen molar-refractivity contribution in [3.8, 4) is 5.75 Å². The van der Waals surface area contributed by atoms with Gasteiger partial charge in [-0.25, -0.2) is 0 Å². The highest BCUT2D eigenvalue weighted by Crippen LogP contribution is 2.27. The lowest BCUT2D eigenvalue weighted by atomic mass is 9.98. The molecule has 1 amide bonds. The first-order chi connectivity index (χ1) is 14.8. The van der Waals surface area contributed by atoms with Gasteiger partial charge in [0.25, 0.3) is 5.91 Å². The summed E-state index contributed by atoms with van der Waals surface area (Å²) in [6.07, 6.45) is -0.00327. The van der Waals surface area contributed by atoms with Gasteiger partial charge < -0.3 is 10.1 Å². The highest BCUT2D eigenvalue weighted by atomic mass is 16.5. The number of carbonyl (C=O) groups excluding carboxylic acids is 1. The summed E-state index contributed by atoms with van der Waals surface area (Å²) in [5.41, 5.74) is 2.08. The van der Waals surface area contributed by atoms with E-state index >= 15 is 0 Å². The Labute approximate surface area is 177 Å². The van der Waals surface area contributed by atoms with Crippen molar-refractivity contribution in [3.63, 3.8) is 0 Å². The highest BCUT2D eigenvalue weighted by molar-refractivity contribution is 5.89. The van der Waals surface area contributed by atoms with E-state index in [9.17, 15) is 4.79 Å². The molecule has 0 spiro atoms. The molecular weight excluding hydrogens is 370 g/mol. The standard InChI is InChI=1S/C27H25NO2/c1-2-24(30-25-19-11-17-20-12-9-10-18-23(20)25)27(29)28-26(21-13-5-3-6-14-21)22-15-7-4-8-16-22/h3-19,24,26H,2H2,1H3,(H,28,29). The van der Waals surface area contributed by atoms with Gasteiger partial charge in [0.1, 0.15) is 5.75 Å². The first-order valence-electron chi connectivity index (χ1n) is 10.3. The smallest absolute Gasteiger partial charge is 0.261 e. The number of hydrogen-bond acceptors (Lipinski definition) is 2. The summed E-state index contributed by atoms with van der Waals surface area (Å²) in [4.78, 5) is 13.2.